The zero-order chi connectivity index (χ0) is 18.3. The highest BCUT2D eigenvalue weighted by atomic mass is 16.5. The zero-order valence-electron chi connectivity index (χ0n) is 16.4. The molecule has 1 heteroatoms. The second-order valence-corrected chi connectivity index (χ2v) is 7.71. The number of benzene rings is 1. The van der Waals surface area contributed by atoms with Gasteiger partial charge < -0.3 is 4.74 Å². The zero-order valence-corrected chi connectivity index (χ0v) is 16.4. The van der Waals surface area contributed by atoms with Crippen LogP contribution in [-0.4, -0.2) is 7.11 Å². The standard InChI is InChI=1S/C24H32O/c1-19(11-16-23-20(2)9-7-17-24(23,3)4)8-6-10-21-12-14-22(15-13-21)18-25-5/h6,8,10-16H,7,9,17-18H2,1-5H3/b10-6+,16-11+,19-8+. The summed E-state index contributed by atoms with van der Waals surface area (Å²) in [5.41, 5.74) is 7.05. The highest BCUT2D eigenvalue weighted by Gasteiger charge is 2.26. The average molecular weight is 337 g/mol. The summed E-state index contributed by atoms with van der Waals surface area (Å²) in [5, 5.41) is 0. The first-order chi connectivity index (χ1) is 11.9. The molecule has 1 aliphatic carbocycles. The highest BCUT2D eigenvalue weighted by molar-refractivity contribution is 5.52. The smallest absolute Gasteiger partial charge is 0.0713 e. The summed E-state index contributed by atoms with van der Waals surface area (Å²) < 4.78 is 5.14. The Bertz CT molecular complexity index is 681. The molecule has 0 saturated heterocycles. The van der Waals surface area contributed by atoms with Crippen molar-refractivity contribution in [2.45, 2.75) is 53.6 Å². The second kappa shape index (κ2) is 9.01. The minimum atomic E-state index is 0.304. The molecule has 0 spiro atoms. The molecule has 0 aliphatic heterocycles. The third-order valence-electron chi connectivity index (χ3n) is 4.99. The maximum Gasteiger partial charge on any atom is 0.0713 e. The quantitative estimate of drug-likeness (QED) is 0.515. The summed E-state index contributed by atoms with van der Waals surface area (Å²) in [5.74, 6) is 0. The van der Waals surface area contributed by atoms with Crippen molar-refractivity contribution < 1.29 is 4.74 Å². The van der Waals surface area contributed by atoms with Gasteiger partial charge in [-0.05, 0) is 55.2 Å². The predicted molar refractivity (Wildman–Crippen MR) is 109 cm³/mol. The van der Waals surface area contributed by atoms with Crippen LogP contribution in [0.25, 0.3) is 6.08 Å². The minimum Gasteiger partial charge on any atom is -0.380 e. The fourth-order valence-corrected chi connectivity index (χ4v) is 3.48. The van der Waals surface area contributed by atoms with Crippen LogP contribution >= 0.6 is 0 Å². The maximum absolute atomic E-state index is 5.14. The Kier molecular flexibility index (Phi) is 7.01. The lowest BCUT2D eigenvalue weighted by Crippen LogP contribution is -2.19. The Morgan fingerprint density at radius 1 is 1.16 bits per heavy atom. The van der Waals surface area contributed by atoms with Gasteiger partial charge in [-0.3, -0.25) is 0 Å². The lowest BCUT2D eigenvalue weighted by Gasteiger charge is -2.32. The van der Waals surface area contributed by atoms with E-state index in [9.17, 15) is 0 Å². The molecular weight excluding hydrogens is 304 g/mol. The van der Waals surface area contributed by atoms with Gasteiger partial charge in [0.2, 0.25) is 0 Å². The van der Waals surface area contributed by atoms with Gasteiger partial charge in [-0.1, -0.05) is 79.6 Å². The fraction of sp³-hybridized carbons (Fsp3) is 0.417. The normalized spacial score (nSPS) is 18.5. The van der Waals surface area contributed by atoms with E-state index in [4.69, 9.17) is 4.74 Å². The maximum atomic E-state index is 5.14. The van der Waals surface area contributed by atoms with Crippen LogP contribution in [0.5, 0.6) is 0 Å². The minimum absolute atomic E-state index is 0.304. The Morgan fingerprint density at radius 3 is 2.52 bits per heavy atom. The molecule has 0 aromatic heterocycles. The van der Waals surface area contributed by atoms with Crippen LogP contribution in [0.4, 0.5) is 0 Å². The summed E-state index contributed by atoms with van der Waals surface area (Å²) in [6, 6.07) is 8.48. The van der Waals surface area contributed by atoms with Gasteiger partial charge in [0.15, 0.2) is 0 Å². The summed E-state index contributed by atoms with van der Waals surface area (Å²) in [7, 11) is 1.72. The van der Waals surface area contributed by atoms with E-state index in [1.807, 2.05) is 0 Å². The average Bonchev–Trinajstić information content (AvgIpc) is 2.56. The van der Waals surface area contributed by atoms with Crippen molar-refractivity contribution in [2.75, 3.05) is 7.11 Å². The van der Waals surface area contributed by atoms with Gasteiger partial charge in [-0.2, -0.15) is 0 Å². The molecular formula is C24H32O. The van der Waals surface area contributed by atoms with Crippen molar-refractivity contribution >= 4 is 6.08 Å². The summed E-state index contributed by atoms with van der Waals surface area (Å²) in [6.45, 7) is 9.84. The lowest BCUT2D eigenvalue weighted by molar-refractivity contribution is 0.185. The second-order valence-electron chi connectivity index (χ2n) is 7.71. The van der Waals surface area contributed by atoms with Crippen LogP contribution < -0.4 is 0 Å². The van der Waals surface area contributed by atoms with Gasteiger partial charge >= 0.3 is 0 Å². The van der Waals surface area contributed by atoms with Crippen molar-refractivity contribution in [3.8, 4) is 0 Å². The van der Waals surface area contributed by atoms with E-state index < -0.39 is 0 Å². The predicted octanol–water partition coefficient (Wildman–Crippen LogP) is 6.88. The Balaban J connectivity index is 2.01. The summed E-state index contributed by atoms with van der Waals surface area (Å²) >= 11 is 0. The molecule has 0 saturated carbocycles. The van der Waals surface area contributed by atoms with Crippen LogP contribution in [0.2, 0.25) is 0 Å². The molecule has 0 atom stereocenters. The van der Waals surface area contributed by atoms with Crippen LogP contribution in [0, 0.1) is 5.41 Å². The monoisotopic (exact) mass is 336 g/mol. The van der Waals surface area contributed by atoms with Gasteiger partial charge in [-0.15, -0.1) is 0 Å². The van der Waals surface area contributed by atoms with Crippen LogP contribution in [0.15, 0.2) is 65.3 Å². The van der Waals surface area contributed by atoms with Gasteiger partial charge in [0.1, 0.15) is 0 Å². The largest absolute Gasteiger partial charge is 0.380 e. The van der Waals surface area contributed by atoms with E-state index in [1.54, 1.807) is 12.7 Å². The number of rotatable bonds is 6. The Hall–Kier alpha value is -1.86. The topological polar surface area (TPSA) is 9.23 Å². The van der Waals surface area contributed by atoms with E-state index in [0.717, 1.165) is 0 Å². The van der Waals surface area contributed by atoms with E-state index in [1.165, 1.54) is 41.5 Å². The number of methoxy groups -OCH3 is 1. The molecule has 0 radical (unpaired) electrons. The summed E-state index contributed by atoms with van der Waals surface area (Å²) in [4.78, 5) is 0. The fourth-order valence-electron chi connectivity index (χ4n) is 3.48. The molecule has 1 aliphatic rings. The number of allylic oxidation sites excluding steroid dienone is 7. The van der Waals surface area contributed by atoms with Gasteiger partial charge in [0, 0.05) is 7.11 Å². The van der Waals surface area contributed by atoms with Crippen LogP contribution in [0.3, 0.4) is 0 Å². The van der Waals surface area contributed by atoms with Crippen LogP contribution in [-0.2, 0) is 11.3 Å². The van der Waals surface area contributed by atoms with Crippen molar-refractivity contribution in [1.29, 1.82) is 0 Å². The van der Waals surface area contributed by atoms with Gasteiger partial charge in [0.25, 0.3) is 0 Å². The molecule has 1 aromatic rings. The molecule has 1 nitrogen and oxygen atoms in total. The highest BCUT2D eigenvalue weighted by Crippen LogP contribution is 2.40. The lowest BCUT2D eigenvalue weighted by atomic mass is 9.72. The van der Waals surface area contributed by atoms with Crippen molar-refractivity contribution in [3.05, 3.63) is 76.4 Å². The molecule has 0 amide bonds. The summed E-state index contributed by atoms with van der Waals surface area (Å²) in [6.07, 6.45) is 14.9. The first-order valence-corrected chi connectivity index (χ1v) is 9.23. The van der Waals surface area contributed by atoms with E-state index >= 15 is 0 Å². The molecule has 0 N–H and O–H groups in total. The molecule has 1 aromatic carbocycles. The number of hydrogen-bond donors (Lipinski definition) is 0. The number of hydrogen-bond acceptors (Lipinski definition) is 1. The molecule has 134 valence electrons. The molecule has 0 fully saturated rings. The molecule has 0 heterocycles. The van der Waals surface area contributed by atoms with Gasteiger partial charge in [-0.25, -0.2) is 0 Å². The van der Waals surface area contributed by atoms with E-state index in [2.05, 4.69) is 82.3 Å². The Labute approximate surface area is 153 Å². The SMILES string of the molecule is COCc1ccc(/C=C/C=C(C)/C=C/C2=C(C)CCCC2(C)C)cc1. The van der Waals surface area contributed by atoms with E-state index in [-0.39, 0.29) is 0 Å². The molecule has 25 heavy (non-hydrogen) atoms. The van der Waals surface area contributed by atoms with Crippen molar-refractivity contribution in [3.63, 3.8) is 0 Å². The van der Waals surface area contributed by atoms with E-state index in [0.29, 0.717) is 12.0 Å². The van der Waals surface area contributed by atoms with Crippen LogP contribution in [0.1, 0.15) is 58.1 Å². The van der Waals surface area contributed by atoms with Crippen molar-refractivity contribution in [2.24, 2.45) is 5.41 Å². The molecule has 0 unspecified atom stereocenters. The Morgan fingerprint density at radius 2 is 1.88 bits per heavy atom. The third kappa shape index (κ3) is 5.86. The van der Waals surface area contributed by atoms with Crippen molar-refractivity contribution in [1.82, 2.24) is 0 Å². The molecule has 2 rings (SSSR count). The van der Waals surface area contributed by atoms with Gasteiger partial charge in [0.05, 0.1) is 6.61 Å². The number of ether oxygens (including phenoxy) is 1. The first kappa shape index (κ1) is 19.5. The third-order valence-corrected chi connectivity index (χ3v) is 4.99. The first-order valence-electron chi connectivity index (χ1n) is 9.23. The molecule has 0 bridgehead atoms.